The minimum atomic E-state index is -0.402. The first-order chi connectivity index (χ1) is 19.5. The van der Waals surface area contributed by atoms with Crippen LogP contribution in [-0.4, -0.2) is 48.8 Å². The topological polar surface area (TPSA) is 83.6 Å². The van der Waals surface area contributed by atoms with Crippen LogP contribution in [0.2, 0.25) is 0 Å². The molecule has 40 heavy (non-hydrogen) atoms. The highest BCUT2D eigenvalue weighted by Gasteiger charge is 2.48. The van der Waals surface area contributed by atoms with E-state index in [1.807, 2.05) is 24.3 Å². The molecule has 4 heterocycles. The van der Waals surface area contributed by atoms with Gasteiger partial charge in [0.15, 0.2) is 12.1 Å². The highest BCUT2D eigenvalue weighted by molar-refractivity contribution is 6.23. The molecule has 0 saturated carbocycles. The molecule has 2 fully saturated rings. The second kappa shape index (κ2) is 9.80. The Kier molecular flexibility index (Phi) is 6.09. The monoisotopic (exact) mass is 536 g/mol. The Morgan fingerprint density at radius 3 is 1.30 bits per heavy atom. The number of quaternary nitrogens is 2. The molecule has 0 aromatic heterocycles. The van der Waals surface area contributed by atoms with Gasteiger partial charge < -0.3 is 9.80 Å². The first kappa shape index (κ1) is 24.9. The number of rotatable bonds is 4. The summed E-state index contributed by atoms with van der Waals surface area (Å²) in [5, 5.41) is 0. The number of carbonyl (C=O) groups excluding carboxylic acids is 4. The van der Waals surface area contributed by atoms with Gasteiger partial charge >= 0.3 is 0 Å². The van der Waals surface area contributed by atoms with E-state index in [9.17, 15) is 19.2 Å². The first-order valence-corrected chi connectivity index (χ1v) is 14.1. The maximum Gasteiger partial charge on any atom is 0.292 e. The molecule has 4 aliphatic heterocycles. The molecule has 0 spiro atoms. The van der Waals surface area contributed by atoms with E-state index in [2.05, 4.69) is 24.3 Å². The van der Waals surface area contributed by atoms with Crippen molar-refractivity contribution in [3.63, 3.8) is 0 Å². The Morgan fingerprint density at radius 1 is 0.525 bits per heavy atom. The molecular weight excluding hydrogens is 504 g/mol. The molecule has 4 amide bonds. The van der Waals surface area contributed by atoms with Crippen molar-refractivity contribution in [2.24, 2.45) is 0 Å². The summed E-state index contributed by atoms with van der Waals surface area (Å²) < 4.78 is 0. The lowest BCUT2D eigenvalue weighted by atomic mass is 9.98. The molecule has 3 aromatic rings. The number of anilines is 2. The lowest BCUT2D eigenvalue weighted by Gasteiger charge is -2.29. The molecule has 202 valence electrons. The number of nitrogens with one attached hydrogen (secondary N) is 2. The van der Waals surface area contributed by atoms with Gasteiger partial charge in [0.05, 0.1) is 37.3 Å². The van der Waals surface area contributed by atoms with Crippen molar-refractivity contribution in [2.75, 3.05) is 22.9 Å². The third-order valence-corrected chi connectivity index (χ3v) is 9.15. The summed E-state index contributed by atoms with van der Waals surface area (Å²) in [6.07, 6.45) is 2.15. The predicted octanol–water partition coefficient (Wildman–Crippen LogP) is 0.233. The zero-order valence-electron chi connectivity index (χ0n) is 22.3. The SMILES string of the molecule is O=C1C[C@H]([NH+]2CCc3ccccc3C2)C(=O)N1c1ccc(N2C(=O)C[C@H]([NH+]3CCc4ccccc4C3)C2=O)cc1. The van der Waals surface area contributed by atoms with E-state index < -0.39 is 12.1 Å². The second-order valence-electron chi connectivity index (χ2n) is 11.4. The van der Waals surface area contributed by atoms with E-state index in [1.165, 1.54) is 32.1 Å². The normalized spacial score (nSPS) is 26.3. The fourth-order valence-electron chi connectivity index (χ4n) is 6.99. The van der Waals surface area contributed by atoms with Crippen molar-refractivity contribution in [2.45, 2.75) is 50.9 Å². The van der Waals surface area contributed by atoms with Crippen LogP contribution in [0.1, 0.15) is 35.1 Å². The van der Waals surface area contributed by atoms with Gasteiger partial charge in [-0.05, 0) is 35.4 Å². The van der Waals surface area contributed by atoms with Gasteiger partial charge in [0, 0.05) is 24.0 Å². The number of imide groups is 2. The van der Waals surface area contributed by atoms with E-state index in [1.54, 1.807) is 24.3 Å². The lowest BCUT2D eigenvalue weighted by Crippen LogP contribution is -3.16. The summed E-state index contributed by atoms with van der Waals surface area (Å²) in [4.78, 5) is 57.7. The first-order valence-electron chi connectivity index (χ1n) is 14.1. The summed E-state index contributed by atoms with van der Waals surface area (Å²) in [5.41, 5.74) is 6.06. The quantitative estimate of drug-likeness (QED) is 0.468. The van der Waals surface area contributed by atoms with Crippen LogP contribution in [0.25, 0.3) is 0 Å². The van der Waals surface area contributed by atoms with Gasteiger partial charge in [0.1, 0.15) is 13.1 Å². The molecule has 3 aromatic carbocycles. The number of nitrogens with zero attached hydrogens (tertiary/aromatic N) is 2. The van der Waals surface area contributed by atoms with E-state index in [-0.39, 0.29) is 36.5 Å². The molecule has 8 nitrogen and oxygen atoms in total. The number of hydrogen-bond acceptors (Lipinski definition) is 4. The van der Waals surface area contributed by atoms with E-state index >= 15 is 0 Å². The van der Waals surface area contributed by atoms with Crippen molar-refractivity contribution in [3.05, 3.63) is 95.1 Å². The van der Waals surface area contributed by atoms with Gasteiger partial charge in [-0.3, -0.25) is 19.2 Å². The van der Waals surface area contributed by atoms with Crippen LogP contribution in [-0.2, 0) is 45.1 Å². The molecule has 0 aliphatic carbocycles. The summed E-state index contributed by atoms with van der Waals surface area (Å²) in [6.45, 7) is 3.10. The molecule has 0 bridgehead atoms. The molecular formula is C32H32N4O4+2. The zero-order chi connectivity index (χ0) is 27.4. The van der Waals surface area contributed by atoms with Crippen LogP contribution < -0.4 is 19.6 Å². The van der Waals surface area contributed by atoms with Gasteiger partial charge in [-0.25, -0.2) is 9.80 Å². The molecule has 4 atom stereocenters. The van der Waals surface area contributed by atoms with Crippen LogP contribution >= 0.6 is 0 Å². The number of fused-ring (bicyclic) bond motifs is 2. The predicted molar refractivity (Wildman–Crippen MR) is 148 cm³/mol. The average Bonchev–Trinajstić information content (AvgIpc) is 3.45. The summed E-state index contributed by atoms with van der Waals surface area (Å²) in [6, 6.07) is 22.5. The Labute approximate surface area is 232 Å². The van der Waals surface area contributed by atoms with E-state index in [0.717, 1.165) is 48.8 Å². The second-order valence-corrected chi connectivity index (χ2v) is 11.4. The molecule has 2 N–H and O–H groups in total. The maximum atomic E-state index is 13.4. The zero-order valence-corrected chi connectivity index (χ0v) is 22.3. The standard InChI is InChI=1S/C32H30N4O4/c37-29-17-27(33-15-13-21-5-1-3-7-23(21)19-33)31(39)35(29)25-9-11-26(12-10-25)36-30(38)18-28(32(36)40)34-16-14-22-6-2-4-8-24(22)20-34/h1-12,27-28H,13-20H2/p+2/t27-,28-/m0/s1. The third-order valence-electron chi connectivity index (χ3n) is 9.15. The third kappa shape index (κ3) is 4.15. The van der Waals surface area contributed by atoms with Crippen molar-refractivity contribution >= 4 is 35.0 Å². The Balaban J connectivity index is 1.05. The average molecular weight is 537 g/mol. The van der Waals surface area contributed by atoms with Gasteiger partial charge in [-0.1, -0.05) is 48.5 Å². The Bertz CT molecular complexity index is 1420. The molecule has 0 radical (unpaired) electrons. The molecule has 4 aliphatic rings. The van der Waals surface area contributed by atoms with Crippen LogP contribution in [0.3, 0.4) is 0 Å². The van der Waals surface area contributed by atoms with E-state index in [0.29, 0.717) is 11.4 Å². The molecule has 2 unspecified atom stereocenters. The molecule has 7 rings (SSSR count). The highest BCUT2D eigenvalue weighted by atomic mass is 16.2. The Hall–Kier alpha value is -4.14. The van der Waals surface area contributed by atoms with Gasteiger partial charge in [-0.15, -0.1) is 0 Å². The largest absolute Gasteiger partial charge is 0.320 e. The van der Waals surface area contributed by atoms with Gasteiger partial charge in [0.2, 0.25) is 11.8 Å². The minimum Gasteiger partial charge on any atom is -0.320 e. The van der Waals surface area contributed by atoms with Crippen molar-refractivity contribution in [1.29, 1.82) is 0 Å². The maximum absolute atomic E-state index is 13.4. The van der Waals surface area contributed by atoms with Crippen LogP contribution in [0, 0.1) is 0 Å². The van der Waals surface area contributed by atoms with Crippen molar-refractivity contribution in [1.82, 2.24) is 0 Å². The number of carbonyl (C=O) groups is 4. The molecule has 2 saturated heterocycles. The van der Waals surface area contributed by atoms with E-state index in [4.69, 9.17) is 0 Å². The molecule has 8 heteroatoms. The van der Waals surface area contributed by atoms with Gasteiger partial charge in [-0.2, -0.15) is 0 Å². The number of hydrogen-bond donors (Lipinski definition) is 2. The number of benzene rings is 3. The fourth-order valence-corrected chi connectivity index (χ4v) is 6.99. The minimum absolute atomic E-state index is 0.185. The Morgan fingerprint density at radius 2 is 0.900 bits per heavy atom. The van der Waals surface area contributed by atoms with Crippen LogP contribution in [0.4, 0.5) is 11.4 Å². The lowest BCUT2D eigenvalue weighted by molar-refractivity contribution is -0.930. The number of amides is 4. The van der Waals surface area contributed by atoms with Gasteiger partial charge in [0.25, 0.3) is 11.8 Å². The highest BCUT2D eigenvalue weighted by Crippen LogP contribution is 2.28. The smallest absolute Gasteiger partial charge is 0.292 e. The summed E-state index contributed by atoms with van der Waals surface area (Å²) in [5.74, 6) is -0.794. The van der Waals surface area contributed by atoms with Crippen molar-refractivity contribution < 1.29 is 29.0 Å². The summed E-state index contributed by atoms with van der Waals surface area (Å²) in [7, 11) is 0. The summed E-state index contributed by atoms with van der Waals surface area (Å²) >= 11 is 0. The van der Waals surface area contributed by atoms with Crippen LogP contribution in [0.5, 0.6) is 0 Å². The van der Waals surface area contributed by atoms with Crippen LogP contribution in [0.15, 0.2) is 72.8 Å². The van der Waals surface area contributed by atoms with Crippen molar-refractivity contribution in [3.8, 4) is 0 Å². The fraction of sp³-hybridized carbons (Fsp3) is 0.312.